The first-order valence-corrected chi connectivity index (χ1v) is 27.7. The van der Waals surface area contributed by atoms with Crippen LogP contribution < -0.4 is 0 Å². The second-order valence-corrected chi connectivity index (χ2v) is 22.6. The van der Waals surface area contributed by atoms with Gasteiger partial charge in [-0.3, -0.25) is 19.2 Å². The molecule has 4 heterocycles. The van der Waals surface area contributed by atoms with Crippen LogP contribution in [0.25, 0.3) is 0 Å². The highest BCUT2D eigenvalue weighted by Crippen LogP contribution is 2.38. The molecule has 2 saturated heterocycles. The van der Waals surface area contributed by atoms with Crippen molar-refractivity contribution in [3.05, 3.63) is 71.9 Å². The number of aliphatic hydroxyl groups is 5. The van der Waals surface area contributed by atoms with Crippen LogP contribution in [0.2, 0.25) is 0 Å². The molecule has 0 aliphatic carbocycles. The van der Waals surface area contributed by atoms with Crippen LogP contribution in [0.1, 0.15) is 161 Å². The van der Waals surface area contributed by atoms with Gasteiger partial charge in [0.1, 0.15) is 24.4 Å². The summed E-state index contributed by atoms with van der Waals surface area (Å²) in [6.07, 6.45) is 19.2. The van der Waals surface area contributed by atoms with Crippen molar-refractivity contribution in [2.24, 2.45) is 41.4 Å². The minimum Gasteiger partial charge on any atom is -0.458 e. The Morgan fingerprint density at radius 2 is 1.09 bits per heavy atom. The number of aliphatic hydroxyl groups excluding tert-OH is 4. The number of hydrogen-bond donors (Lipinski definition) is 5. The summed E-state index contributed by atoms with van der Waals surface area (Å²) >= 11 is 0. The summed E-state index contributed by atoms with van der Waals surface area (Å²) in [6.45, 7) is 26.1. The van der Waals surface area contributed by atoms with E-state index in [4.69, 9.17) is 28.4 Å². The molecule has 20 atom stereocenters. The predicted octanol–water partition coefficient (Wildman–Crippen LogP) is 8.93. The van der Waals surface area contributed by atoms with Crippen LogP contribution in [0.5, 0.6) is 0 Å². The van der Waals surface area contributed by atoms with Gasteiger partial charge >= 0.3 is 23.9 Å². The van der Waals surface area contributed by atoms with E-state index in [-0.39, 0.29) is 90.8 Å². The second kappa shape index (κ2) is 31.4. The van der Waals surface area contributed by atoms with Crippen LogP contribution in [0.3, 0.4) is 0 Å². The average Bonchev–Trinajstić information content (AvgIpc) is 4.28. The Labute approximate surface area is 448 Å². The van der Waals surface area contributed by atoms with Gasteiger partial charge < -0.3 is 54.0 Å². The molecule has 426 valence electrons. The number of ether oxygens (including phenoxy) is 6. The van der Waals surface area contributed by atoms with Crippen molar-refractivity contribution < 1.29 is 73.1 Å². The molecule has 0 spiro atoms. The summed E-state index contributed by atoms with van der Waals surface area (Å²) in [7, 11) is 0. The fourth-order valence-corrected chi connectivity index (χ4v) is 9.97. The van der Waals surface area contributed by atoms with E-state index in [2.05, 4.69) is 13.0 Å². The SMILES string of the molecule is CCC(O)C(C)C1OC1CC(C)(O)/C=C/C=C(\C)C1OC(=O)CC(O)CCC(C)C(OC(C)=O)/C=C/C1C.CCC(O)C(C)C1OC1CC(C)/C=C/C=C(\C)C1OC(=O)CC(O)CCC(C)C(OC(C)=O)/C=C/C1C. The number of esters is 4. The zero-order valence-corrected chi connectivity index (χ0v) is 47.6. The van der Waals surface area contributed by atoms with Crippen molar-refractivity contribution in [2.75, 3.05) is 0 Å². The summed E-state index contributed by atoms with van der Waals surface area (Å²) < 4.78 is 34.1. The number of cyclic esters (lactones) is 2. The first-order valence-electron chi connectivity index (χ1n) is 27.7. The lowest BCUT2D eigenvalue weighted by Crippen LogP contribution is -2.30. The van der Waals surface area contributed by atoms with Gasteiger partial charge in [-0.15, -0.1) is 0 Å². The van der Waals surface area contributed by atoms with Gasteiger partial charge in [-0.05, 0) is 107 Å². The van der Waals surface area contributed by atoms with Gasteiger partial charge in [0, 0.05) is 43.9 Å². The fourth-order valence-electron chi connectivity index (χ4n) is 9.97. The standard InChI is InChI=1S/C30H48O8.C30H48O7/c1-8-24(33)21(5)29-26(37-29)17-30(7,35)15-9-10-19(3)28-20(4)12-14-25(36-22(6)31)18(2)11-13-23(32)16-27(34)38-28;1-8-25(33)22(6)30-27(36-30)16-18(2)10-9-11-20(4)29-21(5)13-15-26(35-23(7)31)19(3)12-14-24(32)17-28(34)37-29/h9-10,12,14-15,18,20-21,23-26,28-29,32-33,35H,8,11,13,16-17H2,1-7H3;9-11,13,15,18-19,21-22,24-27,29-30,32-33H,8,12,14,16-17H2,1-7H3/b14-12+,15-9+,19-10+;10-9+,15-13+,20-11+. The number of epoxide rings is 2. The topological polar surface area (TPSA) is 231 Å². The van der Waals surface area contributed by atoms with E-state index in [1.165, 1.54) is 13.8 Å². The van der Waals surface area contributed by atoms with E-state index in [0.717, 1.165) is 24.0 Å². The molecule has 15 heteroatoms. The molecule has 2 fully saturated rings. The summed E-state index contributed by atoms with van der Waals surface area (Å²) in [5, 5.41) is 51.7. The van der Waals surface area contributed by atoms with Gasteiger partial charge in [-0.25, -0.2) is 0 Å². The number of rotatable bonds is 18. The van der Waals surface area contributed by atoms with Crippen LogP contribution in [-0.2, 0) is 47.6 Å². The molecule has 0 bridgehead atoms. The summed E-state index contributed by atoms with van der Waals surface area (Å²) in [5.74, 6) is -1.55. The van der Waals surface area contributed by atoms with Crippen LogP contribution in [0.15, 0.2) is 71.9 Å². The molecule has 0 aromatic rings. The van der Waals surface area contributed by atoms with E-state index in [1.807, 2.05) is 106 Å². The predicted molar refractivity (Wildman–Crippen MR) is 289 cm³/mol. The van der Waals surface area contributed by atoms with Gasteiger partial charge in [0.2, 0.25) is 0 Å². The molecular formula is C60H96O15. The number of carbonyl (C=O) groups is 4. The molecule has 20 unspecified atom stereocenters. The Hall–Kier alpha value is -3.96. The Kier molecular flexibility index (Phi) is 27.4. The average molecular weight is 1060 g/mol. The molecule has 15 nitrogen and oxygen atoms in total. The third-order valence-electron chi connectivity index (χ3n) is 15.2. The van der Waals surface area contributed by atoms with Gasteiger partial charge in [-0.1, -0.05) is 111 Å². The van der Waals surface area contributed by atoms with E-state index in [0.29, 0.717) is 44.4 Å². The molecule has 4 aliphatic heterocycles. The molecule has 0 radical (unpaired) electrons. The maximum absolute atomic E-state index is 12.6. The lowest BCUT2D eigenvalue weighted by atomic mass is 9.91. The molecule has 75 heavy (non-hydrogen) atoms. The highest BCUT2D eigenvalue weighted by molar-refractivity contribution is 5.71. The number of hydrogen-bond acceptors (Lipinski definition) is 15. The van der Waals surface area contributed by atoms with Crippen molar-refractivity contribution in [1.82, 2.24) is 0 Å². The first-order chi connectivity index (χ1) is 35.2. The normalized spacial score (nSPS) is 35.1. The number of allylic oxidation sites excluding steroid dienone is 5. The molecule has 0 aromatic carbocycles. The Morgan fingerprint density at radius 1 is 0.680 bits per heavy atom. The molecular weight excluding hydrogens is 961 g/mol. The lowest BCUT2D eigenvalue weighted by Gasteiger charge is -2.27. The highest BCUT2D eigenvalue weighted by atomic mass is 16.6. The zero-order valence-electron chi connectivity index (χ0n) is 47.6. The van der Waals surface area contributed by atoms with Gasteiger partial charge in [-0.2, -0.15) is 0 Å². The van der Waals surface area contributed by atoms with Crippen LogP contribution in [0, 0.1) is 41.4 Å². The first kappa shape index (κ1) is 65.3. The van der Waals surface area contributed by atoms with Crippen LogP contribution in [0.4, 0.5) is 0 Å². The monoisotopic (exact) mass is 1060 g/mol. The van der Waals surface area contributed by atoms with E-state index < -0.39 is 60.3 Å². The van der Waals surface area contributed by atoms with Gasteiger partial charge in [0.25, 0.3) is 0 Å². The minimum atomic E-state index is -1.11. The maximum Gasteiger partial charge on any atom is 0.309 e. The van der Waals surface area contributed by atoms with Crippen LogP contribution in [-0.4, -0.2) is 128 Å². The van der Waals surface area contributed by atoms with Crippen molar-refractivity contribution in [1.29, 1.82) is 0 Å². The Morgan fingerprint density at radius 3 is 1.52 bits per heavy atom. The summed E-state index contributed by atoms with van der Waals surface area (Å²) in [5.41, 5.74) is 0.545. The minimum absolute atomic E-state index is 0.0131. The molecule has 4 rings (SSSR count). The van der Waals surface area contributed by atoms with E-state index >= 15 is 0 Å². The van der Waals surface area contributed by atoms with E-state index in [9.17, 15) is 44.7 Å². The van der Waals surface area contributed by atoms with Crippen molar-refractivity contribution in [3.8, 4) is 0 Å². The quantitative estimate of drug-likeness (QED) is 0.0284. The zero-order chi connectivity index (χ0) is 56.3. The van der Waals surface area contributed by atoms with Gasteiger partial charge in [0.15, 0.2) is 0 Å². The third-order valence-corrected chi connectivity index (χ3v) is 15.2. The van der Waals surface area contributed by atoms with Crippen LogP contribution >= 0.6 is 0 Å². The summed E-state index contributed by atoms with van der Waals surface area (Å²) in [4.78, 5) is 48.4. The van der Waals surface area contributed by atoms with Crippen molar-refractivity contribution in [2.45, 2.75) is 240 Å². The Balaban J connectivity index is 0.000000395. The Bertz CT molecular complexity index is 1990. The van der Waals surface area contributed by atoms with Gasteiger partial charge in [0.05, 0.1) is 67.3 Å². The molecule has 0 aromatic heterocycles. The molecule has 5 N–H and O–H groups in total. The van der Waals surface area contributed by atoms with Crippen molar-refractivity contribution in [3.63, 3.8) is 0 Å². The smallest absolute Gasteiger partial charge is 0.309 e. The molecule has 4 aliphatic rings. The molecule has 0 saturated carbocycles. The molecule has 0 amide bonds. The fraction of sp³-hybridized carbons (Fsp3) is 0.733. The highest BCUT2D eigenvalue weighted by Gasteiger charge is 2.47. The number of carbonyl (C=O) groups excluding carboxylic acids is 4. The largest absolute Gasteiger partial charge is 0.458 e. The third kappa shape index (κ3) is 23.3. The second-order valence-electron chi connectivity index (χ2n) is 22.6. The van der Waals surface area contributed by atoms with Crippen molar-refractivity contribution >= 4 is 23.9 Å². The summed E-state index contributed by atoms with van der Waals surface area (Å²) in [6, 6.07) is 0. The maximum atomic E-state index is 12.6. The lowest BCUT2D eigenvalue weighted by molar-refractivity contribution is -0.152. The van der Waals surface area contributed by atoms with E-state index in [1.54, 1.807) is 25.2 Å².